The number of benzene rings is 1. The average Bonchev–Trinajstić information content (AvgIpc) is 2.35. The summed E-state index contributed by atoms with van der Waals surface area (Å²) >= 11 is 0. The average molecular weight is 248 g/mol. The Bertz CT molecular complexity index is 485. The van der Waals surface area contributed by atoms with Crippen LogP contribution in [0.3, 0.4) is 0 Å². The Labute approximate surface area is 105 Å². The molecule has 0 aliphatic carbocycles. The molecule has 0 spiro atoms. The fourth-order valence-corrected chi connectivity index (χ4v) is 2.18. The number of anilines is 1. The summed E-state index contributed by atoms with van der Waals surface area (Å²) in [6, 6.07) is 5.26. The monoisotopic (exact) mass is 248 g/mol. The third kappa shape index (κ3) is 2.45. The maximum Gasteiger partial charge on any atom is 0.246 e. The van der Waals surface area contributed by atoms with E-state index in [1.54, 1.807) is 17.0 Å². The second-order valence-corrected chi connectivity index (χ2v) is 4.34. The van der Waals surface area contributed by atoms with Gasteiger partial charge in [0.2, 0.25) is 11.8 Å². The molecule has 1 aromatic rings. The fourth-order valence-electron chi connectivity index (χ4n) is 2.18. The van der Waals surface area contributed by atoms with Gasteiger partial charge in [-0.25, -0.2) is 0 Å². The Morgan fingerprint density at radius 2 is 2.22 bits per heavy atom. The van der Waals surface area contributed by atoms with Crippen LogP contribution < -0.4 is 10.2 Å². The highest BCUT2D eigenvalue weighted by molar-refractivity contribution is 5.98. The van der Waals surface area contributed by atoms with E-state index in [1.807, 2.05) is 6.07 Å². The van der Waals surface area contributed by atoms with Gasteiger partial charge in [0.25, 0.3) is 0 Å². The number of phenolic OH excluding ortho intramolecular Hbond substituents is 1. The molecule has 1 aromatic carbocycles. The van der Waals surface area contributed by atoms with E-state index in [0.29, 0.717) is 12.2 Å². The van der Waals surface area contributed by atoms with Crippen molar-refractivity contribution in [3.63, 3.8) is 0 Å². The van der Waals surface area contributed by atoms with Gasteiger partial charge >= 0.3 is 0 Å². The molecule has 96 valence electrons. The minimum absolute atomic E-state index is 0.0386. The Morgan fingerprint density at radius 1 is 1.44 bits per heavy atom. The van der Waals surface area contributed by atoms with Gasteiger partial charge in [-0.3, -0.25) is 9.59 Å². The molecule has 5 heteroatoms. The van der Waals surface area contributed by atoms with Crippen LogP contribution >= 0.6 is 0 Å². The van der Waals surface area contributed by atoms with E-state index in [9.17, 15) is 14.7 Å². The third-order valence-corrected chi connectivity index (χ3v) is 2.99. The second-order valence-electron chi connectivity index (χ2n) is 4.34. The number of aryl methyl sites for hydroxylation is 1. The first-order valence-electron chi connectivity index (χ1n) is 5.95. The highest BCUT2D eigenvalue weighted by atomic mass is 16.3. The maximum absolute atomic E-state index is 12.0. The molecule has 1 aliphatic heterocycles. The van der Waals surface area contributed by atoms with Gasteiger partial charge in [0.05, 0.1) is 12.2 Å². The number of phenols is 1. The summed E-state index contributed by atoms with van der Waals surface area (Å²) in [6.07, 6.45) is 1.72. The lowest BCUT2D eigenvalue weighted by molar-refractivity contribution is -0.123. The molecule has 0 atom stereocenters. The van der Waals surface area contributed by atoms with Crippen molar-refractivity contribution < 1.29 is 14.7 Å². The number of hydrogen-bond donors (Lipinski definition) is 2. The van der Waals surface area contributed by atoms with Gasteiger partial charge < -0.3 is 15.3 Å². The van der Waals surface area contributed by atoms with Crippen LogP contribution in [0.15, 0.2) is 18.2 Å². The number of amides is 2. The topological polar surface area (TPSA) is 69.6 Å². The number of fused-ring (bicyclic) bond motifs is 1. The van der Waals surface area contributed by atoms with Gasteiger partial charge in [-0.2, -0.15) is 0 Å². The number of para-hydroxylation sites is 1. The number of carbonyl (C=O) groups is 2. The maximum atomic E-state index is 12.0. The molecule has 2 amide bonds. The minimum atomic E-state index is -0.238. The van der Waals surface area contributed by atoms with E-state index >= 15 is 0 Å². The second kappa shape index (κ2) is 5.08. The summed E-state index contributed by atoms with van der Waals surface area (Å²) in [6.45, 7) is 1.90. The van der Waals surface area contributed by atoms with E-state index < -0.39 is 0 Å². The van der Waals surface area contributed by atoms with Crippen LogP contribution in [0.2, 0.25) is 0 Å². The Balaban J connectivity index is 2.21. The summed E-state index contributed by atoms with van der Waals surface area (Å²) < 4.78 is 0. The van der Waals surface area contributed by atoms with Gasteiger partial charge in [0, 0.05) is 13.5 Å². The van der Waals surface area contributed by atoms with Crippen molar-refractivity contribution in [2.24, 2.45) is 0 Å². The fraction of sp³-hybridized carbons (Fsp3) is 0.385. The molecule has 0 radical (unpaired) electrons. The number of hydrogen-bond acceptors (Lipinski definition) is 3. The molecule has 0 fully saturated rings. The van der Waals surface area contributed by atoms with Crippen LogP contribution in [0.4, 0.5) is 5.69 Å². The SMILES string of the molecule is CC(=O)NCC(=O)N1CCCc2cccc(O)c21. The zero-order valence-corrected chi connectivity index (χ0v) is 10.3. The number of nitrogens with one attached hydrogen (secondary N) is 1. The van der Waals surface area contributed by atoms with Crippen LogP contribution in [0, 0.1) is 0 Å². The lowest BCUT2D eigenvalue weighted by atomic mass is 10.0. The number of aromatic hydroxyl groups is 1. The third-order valence-electron chi connectivity index (χ3n) is 2.99. The number of carbonyl (C=O) groups excluding carboxylic acids is 2. The molecular weight excluding hydrogens is 232 g/mol. The predicted octanol–water partition coefficient (Wildman–Crippen LogP) is 0.807. The largest absolute Gasteiger partial charge is 0.506 e. The smallest absolute Gasteiger partial charge is 0.246 e. The summed E-state index contributed by atoms with van der Waals surface area (Å²) in [7, 11) is 0. The molecule has 0 bridgehead atoms. The summed E-state index contributed by atoms with van der Waals surface area (Å²) in [5.74, 6) is -0.325. The van der Waals surface area contributed by atoms with Crippen molar-refractivity contribution in [2.75, 3.05) is 18.0 Å². The lowest BCUT2D eigenvalue weighted by Gasteiger charge is -2.30. The van der Waals surface area contributed by atoms with Gasteiger partial charge in [-0.1, -0.05) is 12.1 Å². The van der Waals surface area contributed by atoms with Crippen LogP contribution in [0.5, 0.6) is 5.75 Å². The molecule has 2 rings (SSSR count). The van der Waals surface area contributed by atoms with Crippen LogP contribution in [-0.4, -0.2) is 30.0 Å². The zero-order chi connectivity index (χ0) is 13.1. The Morgan fingerprint density at radius 3 is 2.94 bits per heavy atom. The summed E-state index contributed by atoms with van der Waals surface area (Å²) in [4.78, 5) is 24.4. The van der Waals surface area contributed by atoms with Crippen LogP contribution in [-0.2, 0) is 16.0 Å². The van der Waals surface area contributed by atoms with Crippen molar-refractivity contribution >= 4 is 17.5 Å². The first kappa shape index (κ1) is 12.4. The molecule has 0 aromatic heterocycles. The van der Waals surface area contributed by atoms with E-state index in [-0.39, 0.29) is 24.1 Å². The van der Waals surface area contributed by atoms with Gasteiger partial charge in [-0.05, 0) is 24.5 Å². The Hall–Kier alpha value is -2.04. The highest BCUT2D eigenvalue weighted by Crippen LogP contribution is 2.35. The molecule has 5 nitrogen and oxygen atoms in total. The van der Waals surface area contributed by atoms with Gasteiger partial charge in [-0.15, -0.1) is 0 Å². The number of rotatable bonds is 2. The first-order valence-corrected chi connectivity index (χ1v) is 5.95. The highest BCUT2D eigenvalue weighted by Gasteiger charge is 2.24. The van der Waals surface area contributed by atoms with E-state index in [1.165, 1.54) is 6.92 Å². The predicted molar refractivity (Wildman–Crippen MR) is 67.5 cm³/mol. The van der Waals surface area contributed by atoms with E-state index in [2.05, 4.69) is 5.32 Å². The van der Waals surface area contributed by atoms with E-state index in [0.717, 1.165) is 18.4 Å². The molecule has 0 saturated carbocycles. The molecule has 2 N–H and O–H groups in total. The summed E-state index contributed by atoms with van der Waals surface area (Å²) in [5.41, 5.74) is 1.55. The molecule has 1 aliphatic rings. The van der Waals surface area contributed by atoms with Crippen molar-refractivity contribution in [1.82, 2.24) is 5.32 Å². The standard InChI is InChI=1S/C13H16N2O3/c1-9(16)14-8-12(18)15-7-3-5-10-4-2-6-11(17)13(10)15/h2,4,6,17H,3,5,7-8H2,1H3,(H,14,16). The molecule has 0 unspecified atom stereocenters. The first-order chi connectivity index (χ1) is 8.59. The van der Waals surface area contributed by atoms with Crippen molar-refractivity contribution in [3.8, 4) is 5.75 Å². The quantitative estimate of drug-likeness (QED) is 0.813. The Kier molecular flexibility index (Phi) is 3.50. The normalized spacial score (nSPS) is 13.9. The molecule has 1 heterocycles. The molecule has 18 heavy (non-hydrogen) atoms. The summed E-state index contributed by atoms with van der Waals surface area (Å²) in [5, 5.41) is 12.4. The minimum Gasteiger partial charge on any atom is -0.506 e. The lowest BCUT2D eigenvalue weighted by Crippen LogP contribution is -2.42. The zero-order valence-electron chi connectivity index (χ0n) is 10.3. The number of nitrogens with zero attached hydrogens (tertiary/aromatic N) is 1. The molecule has 0 saturated heterocycles. The van der Waals surface area contributed by atoms with Gasteiger partial charge in [0.15, 0.2) is 0 Å². The molecular formula is C13H16N2O3. The van der Waals surface area contributed by atoms with E-state index in [4.69, 9.17) is 0 Å². The van der Waals surface area contributed by atoms with Crippen molar-refractivity contribution in [2.45, 2.75) is 19.8 Å². The van der Waals surface area contributed by atoms with Crippen molar-refractivity contribution in [1.29, 1.82) is 0 Å². The van der Waals surface area contributed by atoms with Gasteiger partial charge in [0.1, 0.15) is 5.75 Å². The van der Waals surface area contributed by atoms with Crippen LogP contribution in [0.1, 0.15) is 18.9 Å². The van der Waals surface area contributed by atoms with Crippen molar-refractivity contribution in [3.05, 3.63) is 23.8 Å². The van der Waals surface area contributed by atoms with Crippen LogP contribution in [0.25, 0.3) is 0 Å².